The highest BCUT2D eigenvalue weighted by Crippen LogP contribution is 2.17. The lowest BCUT2D eigenvalue weighted by atomic mass is 10.1. The van der Waals surface area contributed by atoms with Crippen LogP contribution in [0.4, 0.5) is 11.5 Å². The molecule has 2 rings (SSSR count). The minimum absolute atomic E-state index is 0.0117. The Hall–Kier alpha value is -2.18. The van der Waals surface area contributed by atoms with Crippen molar-refractivity contribution in [3.8, 4) is 0 Å². The van der Waals surface area contributed by atoms with E-state index < -0.39 is 4.92 Å². The highest BCUT2D eigenvalue weighted by molar-refractivity contribution is 5.78. The van der Waals surface area contributed by atoms with Crippen molar-refractivity contribution in [1.29, 1.82) is 0 Å². The van der Waals surface area contributed by atoms with E-state index in [0.717, 1.165) is 0 Å². The van der Waals surface area contributed by atoms with Gasteiger partial charge in [0.1, 0.15) is 12.0 Å². The molecule has 0 radical (unpaired) electrons. The molecular formula is C13H18N4O3. The van der Waals surface area contributed by atoms with Crippen molar-refractivity contribution in [3.05, 3.63) is 28.4 Å². The summed E-state index contributed by atoms with van der Waals surface area (Å²) in [6, 6.07) is 3.10. The third-order valence-corrected chi connectivity index (χ3v) is 3.35. The quantitative estimate of drug-likeness (QED) is 0.615. The van der Waals surface area contributed by atoms with Gasteiger partial charge in [-0.1, -0.05) is 13.8 Å². The molecule has 108 valence electrons. The Labute approximate surface area is 117 Å². The molecule has 7 heteroatoms. The summed E-state index contributed by atoms with van der Waals surface area (Å²) in [6.07, 6.45) is 1.26. The summed E-state index contributed by atoms with van der Waals surface area (Å²) >= 11 is 0. The van der Waals surface area contributed by atoms with Crippen LogP contribution in [-0.2, 0) is 4.79 Å². The second-order valence-corrected chi connectivity index (χ2v) is 5.10. The zero-order chi connectivity index (χ0) is 14.7. The topological polar surface area (TPSA) is 79.6 Å². The maximum atomic E-state index is 11.9. The molecule has 0 spiro atoms. The first-order valence-electron chi connectivity index (χ1n) is 6.63. The fourth-order valence-corrected chi connectivity index (χ4v) is 2.19. The predicted octanol–water partition coefficient (Wildman–Crippen LogP) is 1.29. The van der Waals surface area contributed by atoms with Gasteiger partial charge in [0, 0.05) is 38.2 Å². The van der Waals surface area contributed by atoms with E-state index in [4.69, 9.17) is 0 Å². The van der Waals surface area contributed by atoms with Gasteiger partial charge >= 0.3 is 0 Å². The molecule has 1 saturated heterocycles. The van der Waals surface area contributed by atoms with Crippen LogP contribution < -0.4 is 4.90 Å². The van der Waals surface area contributed by atoms with Crippen LogP contribution in [0, 0.1) is 16.0 Å². The Morgan fingerprint density at radius 2 is 1.95 bits per heavy atom. The van der Waals surface area contributed by atoms with E-state index in [0.29, 0.717) is 32.0 Å². The SMILES string of the molecule is CC(C)C(=O)N1CCN(c2ccc([N+](=O)[O-])cn2)CC1. The van der Waals surface area contributed by atoms with E-state index in [1.807, 2.05) is 23.6 Å². The molecule has 1 aromatic rings. The third kappa shape index (κ3) is 3.04. The van der Waals surface area contributed by atoms with Crippen LogP contribution in [0.5, 0.6) is 0 Å². The highest BCUT2D eigenvalue weighted by atomic mass is 16.6. The second-order valence-electron chi connectivity index (χ2n) is 5.10. The summed E-state index contributed by atoms with van der Waals surface area (Å²) in [7, 11) is 0. The molecule has 1 amide bonds. The summed E-state index contributed by atoms with van der Waals surface area (Å²) < 4.78 is 0. The Morgan fingerprint density at radius 3 is 2.40 bits per heavy atom. The van der Waals surface area contributed by atoms with E-state index in [-0.39, 0.29) is 17.5 Å². The summed E-state index contributed by atoms with van der Waals surface area (Å²) in [6.45, 7) is 6.51. The molecule has 1 aliphatic heterocycles. The summed E-state index contributed by atoms with van der Waals surface area (Å²) in [4.78, 5) is 30.0. The van der Waals surface area contributed by atoms with Gasteiger partial charge in [0.25, 0.3) is 5.69 Å². The minimum atomic E-state index is -0.462. The minimum Gasteiger partial charge on any atom is -0.353 e. The van der Waals surface area contributed by atoms with E-state index in [1.54, 1.807) is 6.07 Å². The van der Waals surface area contributed by atoms with Crippen LogP contribution in [0.1, 0.15) is 13.8 Å². The van der Waals surface area contributed by atoms with E-state index >= 15 is 0 Å². The number of nitrogens with zero attached hydrogens (tertiary/aromatic N) is 4. The molecule has 1 aliphatic rings. The van der Waals surface area contributed by atoms with Gasteiger partial charge in [0.2, 0.25) is 5.91 Å². The number of nitro groups is 1. The molecule has 0 N–H and O–H groups in total. The molecule has 0 aromatic carbocycles. The van der Waals surface area contributed by atoms with Gasteiger partial charge < -0.3 is 9.80 Å². The molecule has 7 nitrogen and oxygen atoms in total. The first-order valence-corrected chi connectivity index (χ1v) is 6.63. The Morgan fingerprint density at radius 1 is 1.30 bits per heavy atom. The van der Waals surface area contributed by atoms with Crippen LogP contribution >= 0.6 is 0 Å². The van der Waals surface area contributed by atoms with Crippen molar-refractivity contribution in [2.75, 3.05) is 31.1 Å². The standard InChI is InChI=1S/C13H18N4O3/c1-10(2)13(18)16-7-5-15(6-8-16)12-4-3-11(9-14-12)17(19)20/h3-4,9-10H,5-8H2,1-2H3. The van der Waals surface area contributed by atoms with Crippen LogP contribution in [0.3, 0.4) is 0 Å². The number of hydrogen-bond donors (Lipinski definition) is 0. The van der Waals surface area contributed by atoms with Crippen molar-refractivity contribution in [2.24, 2.45) is 5.92 Å². The van der Waals surface area contributed by atoms with Gasteiger partial charge in [0.05, 0.1) is 4.92 Å². The molecule has 1 aromatic heterocycles. The molecule has 0 saturated carbocycles. The van der Waals surface area contributed by atoms with Crippen molar-refractivity contribution < 1.29 is 9.72 Å². The van der Waals surface area contributed by atoms with Crippen molar-refractivity contribution in [3.63, 3.8) is 0 Å². The molecule has 0 bridgehead atoms. The van der Waals surface area contributed by atoms with Gasteiger partial charge in [-0.2, -0.15) is 0 Å². The van der Waals surface area contributed by atoms with E-state index in [9.17, 15) is 14.9 Å². The van der Waals surface area contributed by atoms with Crippen LogP contribution in [-0.4, -0.2) is 46.9 Å². The zero-order valence-corrected chi connectivity index (χ0v) is 11.7. The number of anilines is 1. The number of piperazine rings is 1. The van der Waals surface area contributed by atoms with Gasteiger partial charge in [-0.15, -0.1) is 0 Å². The number of carbonyl (C=O) groups is 1. The van der Waals surface area contributed by atoms with Crippen molar-refractivity contribution in [2.45, 2.75) is 13.8 Å². The van der Waals surface area contributed by atoms with Crippen molar-refractivity contribution >= 4 is 17.4 Å². The monoisotopic (exact) mass is 278 g/mol. The molecule has 2 heterocycles. The van der Waals surface area contributed by atoms with Gasteiger partial charge in [-0.05, 0) is 6.07 Å². The van der Waals surface area contributed by atoms with Gasteiger partial charge in [-0.3, -0.25) is 14.9 Å². The normalized spacial score (nSPS) is 15.6. The maximum Gasteiger partial charge on any atom is 0.287 e. The van der Waals surface area contributed by atoms with Crippen LogP contribution in [0.25, 0.3) is 0 Å². The average molecular weight is 278 g/mol. The fourth-order valence-electron chi connectivity index (χ4n) is 2.19. The van der Waals surface area contributed by atoms with Crippen LogP contribution in [0.2, 0.25) is 0 Å². The molecule has 0 unspecified atom stereocenters. The van der Waals surface area contributed by atoms with E-state index in [1.165, 1.54) is 12.3 Å². The summed E-state index contributed by atoms with van der Waals surface area (Å²) in [5, 5.41) is 10.6. The van der Waals surface area contributed by atoms with Gasteiger partial charge in [0.15, 0.2) is 0 Å². The van der Waals surface area contributed by atoms with Gasteiger partial charge in [-0.25, -0.2) is 4.98 Å². The lowest BCUT2D eigenvalue weighted by Crippen LogP contribution is -2.50. The third-order valence-electron chi connectivity index (χ3n) is 3.35. The Bertz CT molecular complexity index is 493. The molecule has 1 fully saturated rings. The molecule has 0 aliphatic carbocycles. The van der Waals surface area contributed by atoms with Crippen molar-refractivity contribution in [1.82, 2.24) is 9.88 Å². The number of amides is 1. The van der Waals surface area contributed by atoms with Crippen LogP contribution in [0.15, 0.2) is 18.3 Å². The zero-order valence-electron chi connectivity index (χ0n) is 11.7. The first kappa shape index (κ1) is 14.2. The fraction of sp³-hybridized carbons (Fsp3) is 0.538. The van der Waals surface area contributed by atoms with E-state index in [2.05, 4.69) is 4.98 Å². The lowest BCUT2D eigenvalue weighted by Gasteiger charge is -2.36. The Kier molecular flexibility index (Phi) is 4.16. The highest BCUT2D eigenvalue weighted by Gasteiger charge is 2.23. The number of carbonyl (C=O) groups excluding carboxylic acids is 1. The Balaban J connectivity index is 1.97. The molecule has 20 heavy (non-hydrogen) atoms. The number of pyridine rings is 1. The maximum absolute atomic E-state index is 11.9. The predicted molar refractivity (Wildman–Crippen MR) is 74.5 cm³/mol. The first-order chi connectivity index (χ1) is 9.49. The summed E-state index contributed by atoms with van der Waals surface area (Å²) in [5.41, 5.74) is -0.0117. The smallest absolute Gasteiger partial charge is 0.287 e. The number of rotatable bonds is 3. The summed E-state index contributed by atoms with van der Waals surface area (Å²) in [5.74, 6) is 0.896. The average Bonchev–Trinajstić information content (AvgIpc) is 2.46. The lowest BCUT2D eigenvalue weighted by molar-refractivity contribution is -0.385. The number of hydrogen-bond acceptors (Lipinski definition) is 5. The second kappa shape index (κ2) is 5.85. The molecule has 0 atom stereocenters. The molecular weight excluding hydrogens is 260 g/mol. The number of aromatic nitrogens is 1. The largest absolute Gasteiger partial charge is 0.353 e.